The average molecular weight is 319 g/mol. The monoisotopic (exact) mass is 318 g/mol. The third-order valence-corrected chi connectivity index (χ3v) is 4.00. The Hall–Kier alpha value is -0.390. The summed E-state index contributed by atoms with van der Waals surface area (Å²) in [7, 11) is 1.83. The van der Waals surface area contributed by atoms with E-state index in [0.717, 1.165) is 9.35 Å². The Labute approximate surface area is 115 Å². The Morgan fingerprint density at radius 3 is 2.71 bits per heavy atom. The highest BCUT2D eigenvalue weighted by Gasteiger charge is 2.16. The van der Waals surface area contributed by atoms with E-state index >= 15 is 0 Å². The number of thiophene rings is 1. The van der Waals surface area contributed by atoms with Crippen molar-refractivity contribution in [3.05, 3.63) is 20.8 Å². The molecule has 0 fully saturated rings. The first kappa shape index (κ1) is 14.7. The maximum absolute atomic E-state index is 11.9. The van der Waals surface area contributed by atoms with Crippen LogP contribution < -0.4 is 5.73 Å². The van der Waals surface area contributed by atoms with Gasteiger partial charge in [0.2, 0.25) is 5.91 Å². The molecular weight excluding hydrogens is 300 g/mol. The number of nitrogens with two attached hydrogens (primary N) is 1. The Morgan fingerprint density at radius 2 is 2.24 bits per heavy atom. The smallest absolute Gasteiger partial charge is 0.222 e. The van der Waals surface area contributed by atoms with Crippen molar-refractivity contribution in [2.45, 2.75) is 38.8 Å². The number of amides is 1. The van der Waals surface area contributed by atoms with E-state index in [1.54, 1.807) is 16.2 Å². The molecule has 5 heteroatoms. The summed E-state index contributed by atoms with van der Waals surface area (Å²) in [5.41, 5.74) is 6.75. The van der Waals surface area contributed by atoms with Crippen molar-refractivity contribution >= 4 is 33.2 Å². The van der Waals surface area contributed by atoms with Gasteiger partial charge in [0.1, 0.15) is 0 Å². The molecule has 0 aliphatic heterocycles. The molecule has 0 aliphatic rings. The second kappa shape index (κ2) is 5.98. The molecule has 0 aliphatic carbocycles. The first-order valence-electron chi connectivity index (χ1n) is 5.54. The molecule has 1 aromatic heterocycles. The third-order valence-electron chi connectivity index (χ3n) is 2.45. The van der Waals surface area contributed by atoms with Gasteiger partial charge in [-0.2, -0.15) is 0 Å². The highest BCUT2D eigenvalue weighted by atomic mass is 79.9. The van der Waals surface area contributed by atoms with Crippen LogP contribution in [-0.4, -0.2) is 23.4 Å². The number of carbonyl (C=O) groups excluding carboxylic acids is 1. The van der Waals surface area contributed by atoms with Crippen LogP contribution in [0.4, 0.5) is 0 Å². The largest absolute Gasteiger partial charge is 0.341 e. The summed E-state index contributed by atoms with van der Waals surface area (Å²) in [6.45, 7) is 4.54. The summed E-state index contributed by atoms with van der Waals surface area (Å²) in [6.07, 6.45) is 1.22. The minimum atomic E-state index is -0.276. The molecule has 3 nitrogen and oxygen atoms in total. The maximum atomic E-state index is 11.9. The lowest BCUT2D eigenvalue weighted by molar-refractivity contribution is -0.130. The van der Waals surface area contributed by atoms with Crippen LogP contribution >= 0.6 is 27.3 Å². The van der Waals surface area contributed by atoms with E-state index in [2.05, 4.69) is 21.3 Å². The molecular formula is C12H19BrN2OS. The van der Waals surface area contributed by atoms with Crippen molar-refractivity contribution in [2.24, 2.45) is 5.73 Å². The van der Waals surface area contributed by atoms with Crippen LogP contribution in [0, 0.1) is 0 Å². The topological polar surface area (TPSA) is 46.3 Å². The molecule has 0 radical (unpaired) electrons. The molecule has 0 saturated carbocycles. The van der Waals surface area contributed by atoms with Gasteiger partial charge in [0.25, 0.3) is 0 Å². The number of halogens is 1. The fourth-order valence-corrected chi connectivity index (χ4v) is 2.61. The number of hydrogen-bond acceptors (Lipinski definition) is 3. The van der Waals surface area contributed by atoms with Gasteiger partial charge in [-0.25, -0.2) is 0 Å². The van der Waals surface area contributed by atoms with Crippen molar-refractivity contribution < 1.29 is 4.79 Å². The fraction of sp³-hybridized carbons (Fsp3) is 0.583. The van der Waals surface area contributed by atoms with Crippen LogP contribution in [0.25, 0.3) is 0 Å². The normalized spacial score (nSPS) is 11.6. The Balaban J connectivity index is 2.42. The molecule has 1 amide bonds. The molecule has 0 unspecified atom stereocenters. The van der Waals surface area contributed by atoms with Crippen LogP contribution in [0.15, 0.2) is 15.2 Å². The zero-order chi connectivity index (χ0) is 13.1. The summed E-state index contributed by atoms with van der Waals surface area (Å²) in [5, 5.41) is 2.06. The fourth-order valence-electron chi connectivity index (χ4n) is 1.41. The van der Waals surface area contributed by atoms with Crippen LogP contribution in [-0.2, 0) is 11.3 Å². The van der Waals surface area contributed by atoms with E-state index in [-0.39, 0.29) is 11.4 Å². The highest BCUT2D eigenvalue weighted by molar-refractivity contribution is 9.11. The molecule has 1 rings (SSSR count). The second-order valence-electron chi connectivity index (χ2n) is 5.00. The zero-order valence-corrected chi connectivity index (χ0v) is 12.9. The quantitative estimate of drug-likeness (QED) is 0.907. The summed E-state index contributed by atoms with van der Waals surface area (Å²) in [4.78, 5) is 13.6. The minimum Gasteiger partial charge on any atom is -0.341 e. The Kier molecular flexibility index (Phi) is 5.16. The average Bonchev–Trinajstić information content (AvgIpc) is 2.59. The molecule has 1 heterocycles. The van der Waals surface area contributed by atoms with E-state index in [1.165, 1.54) is 0 Å². The van der Waals surface area contributed by atoms with Gasteiger partial charge in [0, 0.05) is 25.6 Å². The molecule has 0 aromatic carbocycles. The molecule has 17 heavy (non-hydrogen) atoms. The van der Waals surface area contributed by atoms with Gasteiger partial charge in [0.15, 0.2) is 0 Å². The van der Waals surface area contributed by atoms with Crippen molar-refractivity contribution in [1.82, 2.24) is 4.90 Å². The van der Waals surface area contributed by atoms with E-state index < -0.39 is 0 Å². The highest BCUT2D eigenvalue weighted by Crippen LogP contribution is 2.21. The van der Waals surface area contributed by atoms with Gasteiger partial charge in [-0.1, -0.05) is 0 Å². The van der Waals surface area contributed by atoms with Gasteiger partial charge in [0.05, 0.1) is 3.79 Å². The molecule has 0 bridgehead atoms. The van der Waals surface area contributed by atoms with Gasteiger partial charge in [-0.3, -0.25) is 4.79 Å². The Morgan fingerprint density at radius 1 is 1.59 bits per heavy atom. The standard InChI is InChI=1S/C12H19BrN2OS/c1-12(2,14)5-4-11(16)15(3)7-9-6-10(13)17-8-9/h6,8H,4-5,7,14H2,1-3H3. The molecule has 1 aromatic rings. The lowest BCUT2D eigenvalue weighted by Crippen LogP contribution is -2.34. The predicted molar refractivity (Wildman–Crippen MR) is 76.0 cm³/mol. The van der Waals surface area contributed by atoms with Gasteiger partial charge < -0.3 is 10.6 Å². The van der Waals surface area contributed by atoms with Gasteiger partial charge in [-0.05, 0) is 53.2 Å². The van der Waals surface area contributed by atoms with Gasteiger partial charge >= 0.3 is 0 Å². The van der Waals surface area contributed by atoms with Crippen molar-refractivity contribution in [3.63, 3.8) is 0 Å². The van der Waals surface area contributed by atoms with Crippen LogP contribution in [0.5, 0.6) is 0 Å². The number of nitrogens with zero attached hydrogens (tertiary/aromatic N) is 1. The maximum Gasteiger partial charge on any atom is 0.222 e. The van der Waals surface area contributed by atoms with Gasteiger partial charge in [-0.15, -0.1) is 11.3 Å². The SMILES string of the molecule is CN(Cc1csc(Br)c1)C(=O)CCC(C)(C)N. The number of hydrogen-bond donors (Lipinski definition) is 1. The molecule has 0 atom stereocenters. The summed E-state index contributed by atoms with van der Waals surface area (Å²) in [6, 6.07) is 2.04. The first-order chi connectivity index (χ1) is 7.78. The lowest BCUT2D eigenvalue weighted by atomic mass is 10.00. The van der Waals surface area contributed by atoms with Crippen LogP contribution in [0.1, 0.15) is 32.3 Å². The van der Waals surface area contributed by atoms with Crippen molar-refractivity contribution in [2.75, 3.05) is 7.05 Å². The molecule has 0 saturated heterocycles. The van der Waals surface area contributed by atoms with Crippen molar-refractivity contribution in [3.8, 4) is 0 Å². The zero-order valence-electron chi connectivity index (χ0n) is 10.5. The molecule has 2 N–H and O–H groups in total. The lowest BCUT2D eigenvalue weighted by Gasteiger charge is -2.21. The summed E-state index contributed by atoms with van der Waals surface area (Å²) < 4.78 is 1.09. The van der Waals surface area contributed by atoms with E-state index in [9.17, 15) is 4.79 Å². The molecule has 96 valence electrons. The number of carbonyl (C=O) groups is 1. The van der Waals surface area contributed by atoms with Crippen molar-refractivity contribution in [1.29, 1.82) is 0 Å². The Bertz CT molecular complexity index is 384. The first-order valence-corrected chi connectivity index (χ1v) is 7.21. The summed E-state index contributed by atoms with van der Waals surface area (Å²) in [5.74, 6) is 0.144. The van der Waals surface area contributed by atoms with E-state index in [4.69, 9.17) is 5.73 Å². The van der Waals surface area contributed by atoms with Crippen LogP contribution in [0.3, 0.4) is 0 Å². The molecule has 0 spiro atoms. The third kappa shape index (κ3) is 5.66. The van der Waals surface area contributed by atoms with E-state index in [1.807, 2.05) is 27.0 Å². The van der Waals surface area contributed by atoms with Crippen LogP contribution in [0.2, 0.25) is 0 Å². The minimum absolute atomic E-state index is 0.144. The second-order valence-corrected chi connectivity index (χ2v) is 7.29. The predicted octanol–water partition coefficient (Wildman–Crippen LogP) is 2.99. The number of rotatable bonds is 5. The van der Waals surface area contributed by atoms with E-state index in [0.29, 0.717) is 19.4 Å². The summed E-state index contributed by atoms with van der Waals surface area (Å²) >= 11 is 5.05.